The largest absolute Gasteiger partial charge is 0.324 e. The van der Waals surface area contributed by atoms with Gasteiger partial charge in [-0.1, -0.05) is 19.3 Å². The minimum atomic E-state index is -3.40. The first-order valence-corrected chi connectivity index (χ1v) is 8.04. The Labute approximate surface area is 114 Å². The number of nitrogens with two attached hydrogens (primary N) is 1. The third-order valence-electron chi connectivity index (χ3n) is 3.79. The van der Waals surface area contributed by atoms with Crippen LogP contribution >= 0.6 is 0 Å². The highest BCUT2D eigenvalue weighted by molar-refractivity contribution is 7.89. The Hall–Kier alpha value is -1.11. The van der Waals surface area contributed by atoms with E-state index in [1.807, 2.05) is 0 Å². The Morgan fingerprint density at radius 1 is 1.16 bits per heavy atom. The molecule has 0 amide bonds. The van der Waals surface area contributed by atoms with Crippen molar-refractivity contribution in [1.82, 2.24) is 4.31 Å². The fraction of sp³-hybridized carbons (Fsp3) is 0.538. The van der Waals surface area contributed by atoms with Crippen molar-refractivity contribution >= 4 is 15.7 Å². The number of anilines is 1. The molecule has 0 radical (unpaired) electrons. The van der Waals surface area contributed by atoms with Gasteiger partial charge in [0.1, 0.15) is 0 Å². The van der Waals surface area contributed by atoms with Gasteiger partial charge in [-0.25, -0.2) is 8.42 Å². The zero-order chi connectivity index (χ0) is 13.9. The number of nitrogen functional groups attached to an aromatic ring is 1. The van der Waals surface area contributed by atoms with Gasteiger partial charge < -0.3 is 5.43 Å². The second-order valence-corrected chi connectivity index (χ2v) is 6.98. The molecule has 2 rings (SSSR count). The first kappa shape index (κ1) is 14.3. The summed E-state index contributed by atoms with van der Waals surface area (Å²) >= 11 is 0. The quantitative estimate of drug-likeness (QED) is 0.654. The van der Waals surface area contributed by atoms with Crippen LogP contribution in [0.15, 0.2) is 29.2 Å². The highest BCUT2D eigenvalue weighted by Crippen LogP contribution is 2.26. The van der Waals surface area contributed by atoms with Gasteiger partial charge in [0.05, 0.1) is 4.90 Å². The summed E-state index contributed by atoms with van der Waals surface area (Å²) in [5.74, 6) is 5.28. The van der Waals surface area contributed by atoms with E-state index >= 15 is 0 Å². The molecule has 0 aromatic heterocycles. The fourth-order valence-electron chi connectivity index (χ4n) is 2.53. The van der Waals surface area contributed by atoms with E-state index < -0.39 is 10.0 Å². The summed E-state index contributed by atoms with van der Waals surface area (Å²) in [6.07, 6.45) is 5.35. The van der Waals surface area contributed by atoms with Gasteiger partial charge in [-0.15, -0.1) is 0 Å². The van der Waals surface area contributed by atoms with Crippen molar-refractivity contribution in [3.05, 3.63) is 24.3 Å². The second-order valence-electron chi connectivity index (χ2n) is 4.98. The van der Waals surface area contributed by atoms with E-state index in [0.717, 1.165) is 25.7 Å². The lowest BCUT2D eigenvalue weighted by molar-refractivity contribution is 0.286. The van der Waals surface area contributed by atoms with Crippen LogP contribution in [0.4, 0.5) is 5.69 Å². The Morgan fingerprint density at radius 2 is 1.74 bits per heavy atom. The lowest BCUT2D eigenvalue weighted by Gasteiger charge is -2.30. The Kier molecular flexibility index (Phi) is 4.44. The summed E-state index contributed by atoms with van der Waals surface area (Å²) < 4.78 is 26.5. The Balaban J connectivity index is 2.19. The number of nitrogens with one attached hydrogen (secondary N) is 1. The molecule has 19 heavy (non-hydrogen) atoms. The third kappa shape index (κ3) is 3.08. The topological polar surface area (TPSA) is 75.4 Å². The van der Waals surface area contributed by atoms with Crippen LogP contribution in [-0.2, 0) is 10.0 Å². The molecule has 1 aromatic rings. The molecule has 3 N–H and O–H groups in total. The van der Waals surface area contributed by atoms with E-state index in [1.54, 1.807) is 31.3 Å². The van der Waals surface area contributed by atoms with E-state index in [0.29, 0.717) is 10.6 Å². The molecule has 1 aliphatic carbocycles. The maximum absolute atomic E-state index is 12.5. The van der Waals surface area contributed by atoms with Crippen molar-refractivity contribution < 1.29 is 8.42 Å². The van der Waals surface area contributed by atoms with Gasteiger partial charge in [0, 0.05) is 18.8 Å². The standard InChI is InChI=1S/C13H21N3O2S/c1-16(12-5-3-2-4-6-12)19(17,18)13-9-7-11(15-14)8-10-13/h7-10,12,15H,2-6,14H2,1H3. The number of sulfonamides is 1. The fourth-order valence-corrected chi connectivity index (χ4v) is 3.95. The summed E-state index contributed by atoms with van der Waals surface area (Å²) in [7, 11) is -1.72. The molecular weight excluding hydrogens is 262 g/mol. The molecule has 1 fully saturated rings. The lowest BCUT2D eigenvalue weighted by Crippen LogP contribution is -2.38. The molecule has 1 aromatic carbocycles. The summed E-state index contributed by atoms with van der Waals surface area (Å²) in [6.45, 7) is 0. The van der Waals surface area contributed by atoms with Gasteiger partial charge in [-0.2, -0.15) is 4.31 Å². The van der Waals surface area contributed by atoms with E-state index in [1.165, 1.54) is 10.7 Å². The van der Waals surface area contributed by atoms with Gasteiger partial charge in [-0.05, 0) is 37.1 Å². The molecule has 106 valence electrons. The third-order valence-corrected chi connectivity index (χ3v) is 5.71. The van der Waals surface area contributed by atoms with Crippen LogP contribution in [0.3, 0.4) is 0 Å². The second kappa shape index (κ2) is 5.90. The van der Waals surface area contributed by atoms with E-state index in [4.69, 9.17) is 5.84 Å². The van der Waals surface area contributed by atoms with Gasteiger partial charge in [0.15, 0.2) is 0 Å². The number of benzene rings is 1. The molecule has 5 nitrogen and oxygen atoms in total. The van der Waals surface area contributed by atoms with Gasteiger partial charge in [-0.3, -0.25) is 5.84 Å². The van der Waals surface area contributed by atoms with Crippen LogP contribution in [0.5, 0.6) is 0 Å². The number of nitrogens with zero attached hydrogens (tertiary/aromatic N) is 1. The minimum absolute atomic E-state index is 0.131. The molecular formula is C13H21N3O2S. The maximum atomic E-state index is 12.5. The van der Waals surface area contributed by atoms with Crippen LogP contribution in [-0.4, -0.2) is 25.8 Å². The van der Waals surface area contributed by atoms with Crippen molar-refractivity contribution in [2.75, 3.05) is 12.5 Å². The normalized spacial score (nSPS) is 17.6. The van der Waals surface area contributed by atoms with Crippen LogP contribution in [0, 0.1) is 0 Å². The predicted molar refractivity (Wildman–Crippen MR) is 76.1 cm³/mol. The molecule has 0 aliphatic heterocycles. The number of hydrazine groups is 1. The molecule has 6 heteroatoms. The van der Waals surface area contributed by atoms with Gasteiger partial charge in [0.25, 0.3) is 0 Å². The van der Waals surface area contributed by atoms with Crippen LogP contribution in [0.1, 0.15) is 32.1 Å². The number of hydrogen-bond acceptors (Lipinski definition) is 4. The number of hydrogen-bond donors (Lipinski definition) is 2. The molecule has 0 saturated heterocycles. The predicted octanol–water partition coefficient (Wildman–Crippen LogP) is 1.93. The molecule has 1 aliphatic rings. The van der Waals surface area contributed by atoms with E-state index in [-0.39, 0.29) is 6.04 Å². The molecule has 0 spiro atoms. The zero-order valence-corrected chi connectivity index (χ0v) is 12.0. The van der Waals surface area contributed by atoms with E-state index in [9.17, 15) is 8.42 Å². The smallest absolute Gasteiger partial charge is 0.243 e. The van der Waals surface area contributed by atoms with Crippen molar-refractivity contribution in [2.45, 2.75) is 43.0 Å². The summed E-state index contributed by atoms with van der Waals surface area (Å²) in [5.41, 5.74) is 3.18. The average Bonchev–Trinajstić information content (AvgIpc) is 2.47. The molecule has 0 atom stereocenters. The van der Waals surface area contributed by atoms with Crippen LogP contribution in [0.2, 0.25) is 0 Å². The summed E-state index contributed by atoms with van der Waals surface area (Å²) in [5, 5.41) is 0. The van der Waals surface area contributed by atoms with Crippen molar-refractivity contribution in [3.8, 4) is 0 Å². The van der Waals surface area contributed by atoms with Crippen molar-refractivity contribution in [1.29, 1.82) is 0 Å². The van der Waals surface area contributed by atoms with Crippen molar-refractivity contribution in [2.24, 2.45) is 5.84 Å². The monoisotopic (exact) mass is 283 g/mol. The van der Waals surface area contributed by atoms with Crippen molar-refractivity contribution in [3.63, 3.8) is 0 Å². The summed E-state index contributed by atoms with van der Waals surface area (Å²) in [4.78, 5) is 0.319. The molecule has 0 bridgehead atoms. The van der Waals surface area contributed by atoms with Gasteiger partial charge >= 0.3 is 0 Å². The highest BCUT2D eigenvalue weighted by Gasteiger charge is 2.28. The minimum Gasteiger partial charge on any atom is -0.324 e. The maximum Gasteiger partial charge on any atom is 0.243 e. The molecule has 0 heterocycles. The summed E-state index contributed by atoms with van der Waals surface area (Å²) in [6, 6.07) is 6.64. The SMILES string of the molecule is CN(C1CCCCC1)S(=O)(=O)c1ccc(NN)cc1. The molecule has 0 unspecified atom stereocenters. The van der Waals surface area contributed by atoms with Gasteiger partial charge in [0.2, 0.25) is 10.0 Å². The van der Waals surface area contributed by atoms with Crippen LogP contribution in [0.25, 0.3) is 0 Å². The highest BCUT2D eigenvalue weighted by atomic mass is 32.2. The zero-order valence-electron chi connectivity index (χ0n) is 11.2. The molecule has 1 saturated carbocycles. The Bertz CT molecular complexity index is 507. The Morgan fingerprint density at radius 3 is 2.26 bits per heavy atom. The first-order chi connectivity index (χ1) is 9.05. The number of rotatable bonds is 4. The first-order valence-electron chi connectivity index (χ1n) is 6.60. The van der Waals surface area contributed by atoms with E-state index in [2.05, 4.69) is 5.43 Å². The average molecular weight is 283 g/mol. The van der Waals surface area contributed by atoms with Crippen LogP contribution < -0.4 is 11.3 Å². The lowest BCUT2D eigenvalue weighted by atomic mass is 9.96.